The van der Waals surface area contributed by atoms with Crippen molar-refractivity contribution in [3.63, 3.8) is 0 Å². The predicted octanol–water partition coefficient (Wildman–Crippen LogP) is 1.49. The van der Waals surface area contributed by atoms with Crippen molar-refractivity contribution < 1.29 is 4.79 Å². The second kappa shape index (κ2) is 6.82. The maximum atomic E-state index is 11.2. The van der Waals surface area contributed by atoms with Gasteiger partial charge in [-0.1, -0.05) is 13.8 Å². The summed E-state index contributed by atoms with van der Waals surface area (Å²) >= 11 is 0. The molecule has 1 amide bonds. The van der Waals surface area contributed by atoms with Crippen molar-refractivity contribution in [1.82, 2.24) is 10.2 Å². The lowest BCUT2D eigenvalue weighted by atomic mass is 10.2. The molecule has 0 aromatic carbocycles. The van der Waals surface area contributed by atoms with Gasteiger partial charge in [0.25, 0.3) is 0 Å². The van der Waals surface area contributed by atoms with E-state index in [1.54, 1.807) is 0 Å². The summed E-state index contributed by atoms with van der Waals surface area (Å²) in [6.07, 6.45) is 1.02. The number of nitrogens with one attached hydrogen (secondary N) is 1. The van der Waals surface area contributed by atoms with E-state index >= 15 is 0 Å². The molecule has 0 aromatic rings. The van der Waals surface area contributed by atoms with Gasteiger partial charge < -0.3 is 10.2 Å². The van der Waals surface area contributed by atoms with Gasteiger partial charge in [-0.2, -0.15) is 0 Å². The van der Waals surface area contributed by atoms with Crippen LogP contribution in [-0.2, 0) is 4.79 Å². The molecule has 0 fully saturated rings. The molecule has 0 rings (SSSR count). The third-order valence-corrected chi connectivity index (χ3v) is 2.39. The lowest BCUT2D eigenvalue weighted by Gasteiger charge is -2.20. The van der Waals surface area contributed by atoms with Gasteiger partial charge in [0.1, 0.15) is 0 Å². The van der Waals surface area contributed by atoms with Crippen LogP contribution in [-0.4, -0.2) is 37.0 Å². The topological polar surface area (TPSA) is 32.3 Å². The number of nitrogens with zero attached hydrogens (tertiary/aromatic N) is 1. The minimum absolute atomic E-state index is 0.0952. The van der Waals surface area contributed by atoms with Crippen LogP contribution in [0.4, 0.5) is 0 Å². The number of carbonyl (C=O) groups is 1. The second-order valence-corrected chi connectivity index (χ2v) is 4.37. The number of amides is 1. The van der Waals surface area contributed by atoms with Gasteiger partial charge in [-0.15, -0.1) is 0 Å². The predicted molar refractivity (Wildman–Crippen MR) is 60.2 cm³/mol. The molecular formula is C11H24N2O. The summed E-state index contributed by atoms with van der Waals surface area (Å²) in [5, 5.41) is 2.91. The molecule has 0 saturated heterocycles. The first-order valence-corrected chi connectivity index (χ1v) is 5.43. The van der Waals surface area contributed by atoms with Crippen molar-refractivity contribution in [3.8, 4) is 0 Å². The maximum absolute atomic E-state index is 11.2. The van der Waals surface area contributed by atoms with Crippen LogP contribution in [0.25, 0.3) is 0 Å². The van der Waals surface area contributed by atoms with Crippen LogP contribution in [0.15, 0.2) is 0 Å². The van der Waals surface area contributed by atoms with Crippen LogP contribution in [0.5, 0.6) is 0 Å². The third kappa shape index (κ3) is 5.97. The lowest BCUT2D eigenvalue weighted by molar-refractivity contribution is -0.123. The lowest BCUT2D eigenvalue weighted by Crippen LogP contribution is -2.32. The smallest absolute Gasteiger partial charge is 0.222 e. The van der Waals surface area contributed by atoms with E-state index in [1.165, 1.54) is 0 Å². The fraction of sp³-hybridized carbons (Fsp3) is 0.909. The van der Waals surface area contributed by atoms with Crippen molar-refractivity contribution in [1.29, 1.82) is 0 Å². The monoisotopic (exact) mass is 200 g/mol. The molecule has 0 saturated carbocycles. The molecule has 0 aliphatic carbocycles. The van der Waals surface area contributed by atoms with E-state index in [0.29, 0.717) is 6.04 Å². The highest BCUT2D eigenvalue weighted by Gasteiger charge is 2.06. The van der Waals surface area contributed by atoms with Crippen LogP contribution in [0.2, 0.25) is 0 Å². The summed E-state index contributed by atoms with van der Waals surface area (Å²) < 4.78 is 0. The highest BCUT2D eigenvalue weighted by Crippen LogP contribution is 1.95. The van der Waals surface area contributed by atoms with E-state index in [4.69, 9.17) is 0 Å². The van der Waals surface area contributed by atoms with E-state index < -0.39 is 0 Å². The Balaban J connectivity index is 3.43. The third-order valence-electron chi connectivity index (χ3n) is 2.39. The maximum Gasteiger partial charge on any atom is 0.222 e. The second-order valence-electron chi connectivity index (χ2n) is 4.37. The summed E-state index contributed by atoms with van der Waals surface area (Å²) in [5.74, 6) is 0.245. The fourth-order valence-corrected chi connectivity index (χ4v) is 1.00. The molecule has 0 unspecified atom stereocenters. The number of carbonyl (C=O) groups excluding carboxylic acids is 1. The summed E-state index contributed by atoms with van der Waals surface area (Å²) in [6.45, 7) is 9.99. The molecule has 0 aliphatic rings. The molecule has 3 nitrogen and oxygen atoms in total. The highest BCUT2D eigenvalue weighted by atomic mass is 16.1. The Morgan fingerprint density at radius 1 is 1.29 bits per heavy atom. The van der Waals surface area contributed by atoms with Crippen molar-refractivity contribution in [2.45, 2.75) is 40.2 Å². The zero-order valence-electron chi connectivity index (χ0n) is 10.1. The zero-order chi connectivity index (χ0) is 11.1. The summed E-state index contributed by atoms with van der Waals surface area (Å²) in [4.78, 5) is 13.5. The number of rotatable bonds is 6. The minimum Gasteiger partial charge on any atom is -0.356 e. The van der Waals surface area contributed by atoms with Gasteiger partial charge in [-0.3, -0.25) is 4.79 Å². The first kappa shape index (κ1) is 13.4. The van der Waals surface area contributed by atoms with Gasteiger partial charge in [0.15, 0.2) is 0 Å². The Hall–Kier alpha value is -0.570. The molecular weight excluding hydrogens is 176 g/mol. The molecule has 0 bridgehead atoms. The van der Waals surface area contributed by atoms with Gasteiger partial charge >= 0.3 is 0 Å². The summed E-state index contributed by atoms with van der Waals surface area (Å²) in [5.41, 5.74) is 0. The SMILES string of the molecule is CC(C)C(=O)NCCCN(C)C(C)C. The fourth-order valence-electron chi connectivity index (χ4n) is 1.00. The largest absolute Gasteiger partial charge is 0.356 e. The first-order chi connectivity index (χ1) is 6.45. The summed E-state index contributed by atoms with van der Waals surface area (Å²) in [7, 11) is 2.11. The Bertz CT molecular complexity index is 167. The highest BCUT2D eigenvalue weighted by molar-refractivity contribution is 5.77. The normalized spacial score (nSPS) is 11.4. The van der Waals surface area contributed by atoms with Gasteiger partial charge in [0.2, 0.25) is 5.91 Å². The molecule has 0 aromatic heterocycles. The number of hydrogen-bond donors (Lipinski definition) is 1. The Morgan fingerprint density at radius 2 is 1.86 bits per heavy atom. The molecule has 0 heterocycles. The Kier molecular flexibility index (Phi) is 6.54. The van der Waals surface area contributed by atoms with E-state index in [0.717, 1.165) is 19.5 Å². The van der Waals surface area contributed by atoms with Crippen LogP contribution < -0.4 is 5.32 Å². The van der Waals surface area contributed by atoms with Gasteiger partial charge in [0, 0.05) is 18.5 Å². The van der Waals surface area contributed by atoms with Crippen LogP contribution in [0, 0.1) is 5.92 Å². The van der Waals surface area contributed by atoms with Crippen LogP contribution >= 0.6 is 0 Å². The van der Waals surface area contributed by atoms with Gasteiger partial charge in [-0.25, -0.2) is 0 Å². The minimum atomic E-state index is 0.0952. The molecule has 3 heteroatoms. The van der Waals surface area contributed by atoms with Crippen molar-refractivity contribution >= 4 is 5.91 Å². The van der Waals surface area contributed by atoms with Gasteiger partial charge in [0.05, 0.1) is 0 Å². The van der Waals surface area contributed by atoms with Crippen molar-refractivity contribution in [3.05, 3.63) is 0 Å². The molecule has 0 aliphatic heterocycles. The zero-order valence-corrected chi connectivity index (χ0v) is 10.1. The van der Waals surface area contributed by atoms with E-state index in [9.17, 15) is 4.79 Å². The average molecular weight is 200 g/mol. The van der Waals surface area contributed by atoms with Crippen molar-refractivity contribution in [2.75, 3.05) is 20.1 Å². The average Bonchev–Trinajstić information content (AvgIpc) is 2.11. The molecule has 0 spiro atoms. The molecule has 14 heavy (non-hydrogen) atoms. The number of hydrogen-bond acceptors (Lipinski definition) is 2. The van der Waals surface area contributed by atoms with E-state index in [2.05, 4.69) is 31.1 Å². The summed E-state index contributed by atoms with van der Waals surface area (Å²) in [6, 6.07) is 0.579. The molecule has 1 N–H and O–H groups in total. The van der Waals surface area contributed by atoms with E-state index in [-0.39, 0.29) is 11.8 Å². The quantitative estimate of drug-likeness (QED) is 0.659. The molecule has 84 valence electrons. The Labute approximate surface area is 87.9 Å². The molecule has 0 radical (unpaired) electrons. The van der Waals surface area contributed by atoms with Crippen LogP contribution in [0.1, 0.15) is 34.1 Å². The Morgan fingerprint density at radius 3 is 2.29 bits per heavy atom. The van der Waals surface area contributed by atoms with Gasteiger partial charge in [-0.05, 0) is 33.9 Å². The molecule has 0 atom stereocenters. The van der Waals surface area contributed by atoms with Crippen LogP contribution in [0.3, 0.4) is 0 Å². The van der Waals surface area contributed by atoms with E-state index in [1.807, 2.05) is 13.8 Å². The van der Waals surface area contributed by atoms with Crippen molar-refractivity contribution in [2.24, 2.45) is 5.92 Å². The standard InChI is InChI=1S/C11H24N2O/c1-9(2)11(14)12-7-6-8-13(5)10(3)4/h9-10H,6-8H2,1-5H3,(H,12,14). The first-order valence-electron chi connectivity index (χ1n) is 5.43.